The summed E-state index contributed by atoms with van der Waals surface area (Å²) in [6.07, 6.45) is 0.921. The summed E-state index contributed by atoms with van der Waals surface area (Å²) >= 11 is 0. The van der Waals surface area contributed by atoms with Gasteiger partial charge in [0.05, 0.1) is 11.1 Å². The molecule has 0 bridgehead atoms. The zero-order valence-corrected chi connectivity index (χ0v) is 13.1. The van der Waals surface area contributed by atoms with E-state index in [1.165, 1.54) is 11.1 Å². The van der Waals surface area contributed by atoms with E-state index in [0.717, 1.165) is 35.1 Å². The van der Waals surface area contributed by atoms with Crippen LogP contribution in [0.4, 0.5) is 0 Å². The van der Waals surface area contributed by atoms with Crippen molar-refractivity contribution in [3.63, 3.8) is 0 Å². The van der Waals surface area contributed by atoms with Crippen molar-refractivity contribution in [2.24, 2.45) is 0 Å². The molecule has 0 atom stereocenters. The smallest absolute Gasteiger partial charge is 0.254 e. The molecule has 2 heterocycles. The van der Waals surface area contributed by atoms with Gasteiger partial charge in [0.1, 0.15) is 0 Å². The first kappa shape index (κ1) is 13.9. The van der Waals surface area contributed by atoms with Gasteiger partial charge in [0, 0.05) is 24.2 Å². The van der Waals surface area contributed by atoms with E-state index >= 15 is 0 Å². The summed E-state index contributed by atoms with van der Waals surface area (Å²) in [5.41, 5.74) is 5.12. The first-order valence-corrected chi connectivity index (χ1v) is 7.95. The van der Waals surface area contributed by atoms with Gasteiger partial charge in [-0.15, -0.1) is 0 Å². The largest absolute Gasteiger partial charge is 0.334 e. The van der Waals surface area contributed by atoms with Gasteiger partial charge < -0.3 is 4.90 Å². The van der Waals surface area contributed by atoms with Crippen molar-refractivity contribution in [1.82, 2.24) is 9.88 Å². The summed E-state index contributed by atoms with van der Waals surface area (Å²) in [4.78, 5) is 19.6. The number of aromatic nitrogens is 1. The number of aryl methyl sites for hydroxylation is 1. The van der Waals surface area contributed by atoms with Crippen LogP contribution in [0, 0.1) is 6.92 Å². The standard InChI is InChI=1S/C20H18N2O/c1-14-12-18(17-8-4-5-9-19(17)21-14)20(23)22-11-10-15-6-2-3-7-16(15)13-22/h2-9,12H,10-11,13H2,1H3. The van der Waals surface area contributed by atoms with E-state index in [1.807, 2.05) is 48.2 Å². The zero-order valence-electron chi connectivity index (χ0n) is 13.1. The fraction of sp³-hybridized carbons (Fsp3) is 0.200. The lowest BCUT2D eigenvalue weighted by Crippen LogP contribution is -2.36. The lowest BCUT2D eigenvalue weighted by atomic mass is 9.98. The van der Waals surface area contributed by atoms with Crippen molar-refractivity contribution in [2.45, 2.75) is 19.9 Å². The average molecular weight is 302 g/mol. The van der Waals surface area contributed by atoms with Crippen LogP contribution in [0.3, 0.4) is 0 Å². The normalized spacial score (nSPS) is 13.9. The second-order valence-corrected chi connectivity index (χ2v) is 6.07. The van der Waals surface area contributed by atoms with Gasteiger partial charge >= 0.3 is 0 Å². The number of fused-ring (bicyclic) bond motifs is 2. The Hall–Kier alpha value is -2.68. The minimum Gasteiger partial charge on any atom is -0.334 e. The molecule has 0 radical (unpaired) electrons. The van der Waals surface area contributed by atoms with Crippen LogP contribution in [0.25, 0.3) is 10.9 Å². The van der Waals surface area contributed by atoms with Gasteiger partial charge in [0.25, 0.3) is 5.91 Å². The predicted molar refractivity (Wildman–Crippen MR) is 91.4 cm³/mol. The summed E-state index contributed by atoms with van der Waals surface area (Å²) < 4.78 is 0. The van der Waals surface area contributed by atoms with E-state index in [0.29, 0.717) is 6.54 Å². The van der Waals surface area contributed by atoms with Crippen LogP contribution < -0.4 is 0 Å². The number of hydrogen-bond donors (Lipinski definition) is 0. The number of pyridine rings is 1. The zero-order chi connectivity index (χ0) is 15.8. The molecular weight excluding hydrogens is 284 g/mol. The Balaban J connectivity index is 1.73. The highest BCUT2D eigenvalue weighted by atomic mass is 16.2. The summed E-state index contributed by atoms with van der Waals surface area (Å²) in [5, 5.41) is 0.932. The molecule has 3 heteroatoms. The molecule has 23 heavy (non-hydrogen) atoms. The third-order valence-corrected chi connectivity index (χ3v) is 4.49. The Morgan fingerprint density at radius 3 is 2.65 bits per heavy atom. The molecule has 0 saturated heterocycles. The Morgan fingerprint density at radius 2 is 1.78 bits per heavy atom. The number of nitrogens with zero attached hydrogens (tertiary/aromatic N) is 2. The van der Waals surface area contributed by atoms with Crippen molar-refractivity contribution in [1.29, 1.82) is 0 Å². The number of carbonyl (C=O) groups excluding carboxylic acids is 1. The predicted octanol–water partition coefficient (Wildman–Crippen LogP) is 3.74. The Kier molecular flexibility index (Phi) is 3.34. The van der Waals surface area contributed by atoms with Gasteiger partial charge in [-0.3, -0.25) is 9.78 Å². The van der Waals surface area contributed by atoms with Gasteiger partial charge in [-0.05, 0) is 36.6 Å². The van der Waals surface area contributed by atoms with Gasteiger partial charge in [-0.1, -0.05) is 42.5 Å². The number of para-hydroxylation sites is 1. The second-order valence-electron chi connectivity index (χ2n) is 6.07. The van der Waals surface area contributed by atoms with Crippen molar-refractivity contribution < 1.29 is 4.79 Å². The monoisotopic (exact) mass is 302 g/mol. The molecule has 1 aromatic heterocycles. The first-order valence-electron chi connectivity index (χ1n) is 7.95. The van der Waals surface area contributed by atoms with Crippen LogP contribution in [-0.4, -0.2) is 22.3 Å². The lowest BCUT2D eigenvalue weighted by molar-refractivity contribution is 0.0736. The molecule has 2 aromatic carbocycles. The summed E-state index contributed by atoms with van der Waals surface area (Å²) in [7, 11) is 0. The molecule has 0 fully saturated rings. The maximum atomic E-state index is 13.1. The molecule has 0 spiro atoms. The molecule has 0 unspecified atom stereocenters. The van der Waals surface area contributed by atoms with Crippen LogP contribution in [0.2, 0.25) is 0 Å². The van der Waals surface area contributed by atoms with E-state index in [9.17, 15) is 4.79 Å². The lowest BCUT2D eigenvalue weighted by Gasteiger charge is -2.29. The molecule has 3 nitrogen and oxygen atoms in total. The maximum Gasteiger partial charge on any atom is 0.254 e. The quantitative estimate of drug-likeness (QED) is 0.686. The van der Waals surface area contributed by atoms with E-state index in [-0.39, 0.29) is 5.91 Å². The van der Waals surface area contributed by atoms with Crippen molar-refractivity contribution in [2.75, 3.05) is 6.54 Å². The fourth-order valence-electron chi connectivity index (χ4n) is 3.32. The van der Waals surface area contributed by atoms with Crippen LogP contribution in [0.1, 0.15) is 27.2 Å². The van der Waals surface area contributed by atoms with Gasteiger partial charge in [-0.2, -0.15) is 0 Å². The van der Waals surface area contributed by atoms with Crippen LogP contribution in [-0.2, 0) is 13.0 Å². The van der Waals surface area contributed by atoms with Gasteiger partial charge in [0.2, 0.25) is 0 Å². The van der Waals surface area contributed by atoms with Crippen molar-refractivity contribution in [3.05, 3.63) is 77.0 Å². The Bertz CT molecular complexity index is 901. The molecule has 1 aliphatic heterocycles. The number of hydrogen-bond acceptors (Lipinski definition) is 2. The fourth-order valence-corrected chi connectivity index (χ4v) is 3.32. The minimum absolute atomic E-state index is 0.0983. The average Bonchev–Trinajstić information content (AvgIpc) is 2.60. The van der Waals surface area contributed by atoms with E-state index in [4.69, 9.17) is 0 Å². The van der Waals surface area contributed by atoms with Crippen molar-refractivity contribution in [3.8, 4) is 0 Å². The van der Waals surface area contributed by atoms with Gasteiger partial charge in [-0.25, -0.2) is 0 Å². The highest BCUT2D eigenvalue weighted by Crippen LogP contribution is 2.24. The van der Waals surface area contributed by atoms with E-state index < -0.39 is 0 Å². The number of carbonyl (C=O) groups is 1. The second kappa shape index (κ2) is 5.51. The van der Waals surface area contributed by atoms with E-state index in [1.54, 1.807) is 0 Å². The molecule has 0 saturated carbocycles. The van der Waals surface area contributed by atoms with E-state index in [2.05, 4.69) is 23.2 Å². The number of benzene rings is 2. The topological polar surface area (TPSA) is 33.2 Å². The summed E-state index contributed by atoms with van der Waals surface area (Å²) in [5.74, 6) is 0.0983. The Morgan fingerprint density at radius 1 is 1.04 bits per heavy atom. The minimum atomic E-state index is 0.0983. The maximum absolute atomic E-state index is 13.1. The highest BCUT2D eigenvalue weighted by molar-refractivity contribution is 6.06. The molecule has 3 aromatic rings. The SMILES string of the molecule is Cc1cc(C(=O)N2CCc3ccccc3C2)c2ccccc2n1. The molecule has 1 amide bonds. The highest BCUT2D eigenvalue weighted by Gasteiger charge is 2.23. The summed E-state index contributed by atoms with van der Waals surface area (Å²) in [6, 6.07) is 18.1. The third-order valence-electron chi connectivity index (χ3n) is 4.49. The summed E-state index contributed by atoms with van der Waals surface area (Å²) in [6.45, 7) is 3.39. The Labute approximate surface area is 135 Å². The molecule has 114 valence electrons. The molecule has 1 aliphatic rings. The first-order chi connectivity index (χ1) is 11.2. The van der Waals surface area contributed by atoms with Gasteiger partial charge in [0.15, 0.2) is 0 Å². The molecule has 0 N–H and O–H groups in total. The molecule has 4 rings (SSSR count). The van der Waals surface area contributed by atoms with Crippen LogP contribution >= 0.6 is 0 Å². The third kappa shape index (κ3) is 2.48. The number of rotatable bonds is 1. The molecular formula is C20H18N2O. The molecule has 0 aliphatic carbocycles. The number of amides is 1. The van der Waals surface area contributed by atoms with Crippen molar-refractivity contribution >= 4 is 16.8 Å². The van der Waals surface area contributed by atoms with Crippen LogP contribution in [0.5, 0.6) is 0 Å². The van der Waals surface area contributed by atoms with Crippen LogP contribution in [0.15, 0.2) is 54.6 Å².